The number of aryl methyl sites for hydroxylation is 1. The van der Waals surface area contributed by atoms with Gasteiger partial charge in [0.25, 0.3) is 5.91 Å². The molecule has 0 saturated heterocycles. The van der Waals surface area contributed by atoms with E-state index in [0.717, 1.165) is 17.0 Å². The highest BCUT2D eigenvalue weighted by molar-refractivity contribution is 5.92. The molecule has 1 rings (SSSR count). The normalized spacial score (nSPS) is 9.93. The lowest BCUT2D eigenvalue weighted by atomic mass is 10.2. The Kier molecular flexibility index (Phi) is 3.53. The summed E-state index contributed by atoms with van der Waals surface area (Å²) in [5.74, 6) is -0.258. The lowest BCUT2D eigenvalue weighted by molar-refractivity contribution is -0.0761. The minimum absolute atomic E-state index is 0.258. The number of carbonyl (C=O) groups is 1. The molecule has 0 bridgehead atoms. The Morgan fingerprint density at radius 3 is 2.93 bits per heavy atom. The molecule has 0 fully saturated rings. The van der Waals surface area contributed by atoms with Crippen molar-refractivity contribution in [1.29, 1.82) is 0 Å². The molecule has 0 saturated carbocycles. The van der Waals surface area contributed by atoms with E-state index in [2.05, 4.69) is 9.97 Å². The highest BCUT2D eigenvalue weighted by Gasteiger charge is 2.16. The molecular formula is C9H13N3O2. The Morgan fingerprint density at radius 1 is 1.64 bits per heavy atom. The van der Waals surface area contributed by atoms with E-state index in [-0.39, 0.29) is 5.91 Å². The van der Waals surface area contributed by atoms with Crippen molar-refractivity contribution in [3.63, 3.8) is 0 Å². The third kappa shape index (κ3) is 2.05. The Hall–Kier alpha value is -1.49. The van der Waals surface area contributed by atoms with Gasteiger partial charge in [-0.1, -0.05) is 6.92 Å². The number of carbonyl (C=O) groups excluding carboxylic acids is 1. The number of amides is 1. The first-order valence-electron chi connectivity index (χ1n) is 4.31. The van der Waals surface area contributed by atoms with Crippen LogP contribution in [0.3, 0.4) is 0 Å². The predicted octanol–water partition coefficient (Wildman–Crippen LogP) is 0.672. The van der Waals surface area contributed by atoms with Crippen LogP contribution >= 0.6 is 0 Å². The molecule has 0 aliphatic heterocycles. The van der Waals surface area contributed by atoms with Gasteiger partial charge in [-0.15, -0.1) is 0 Å². The fourth-order valence-electron chi connectivity index (χ4n) is 1.04. The molecule has 0 spiro atoms. The van der Waals surface area contributed by atoms with Crippen molar-refractivity contribution in [3.05, 3.63) is 23.8 Å². The van der Waals surface area contributed by atoms with Gasteiger partial charge in [0.15, 0.2) is 0 Å². The smallest absolute Gasteiger partial charge is 0.274 e. The molecule has 1 amide bonds. The van der Waals surface area contributed by atoms with E-state index >= 15 is 0 Å². The van der Waals surface area contributed by atoms with Crippen LogP contribution in [0.2, 0.25) is 0 Å². The molecule has 0 unspecified atom stereocenters. The van der Waals surface area contributed by atoms with Gasteiger partial charge >= 0.3 is 0 Å². The number of aromatic nitrogens is 2. The van der Waals surface area contributed by atoms with Gasteiger partial charge in [-0.25, -0.2) is 15.0 Å². The Morgan fingerprint density at radius 2 is 2.36 bits per heavy atom. The summed E-state index contributed by atoms with van der Waals surface area (Å²) in [4.78, 5) is 24.3. The average Bonchev–Trinajstić information content (AvgIpc) is 2.26. The van der Waals surface area contributed by atoms with Crippen LogP contribution in [0, 0.1) is 0 Å². The highest BCUT2D eigenvalue weighted by atomic mass is 16.7. The Labute approximate surface area is 82.7 Å². The van der Waals surface area contributed by atoms with Crippen molar-refractivity contribution in [2.24, 2.45) is 0 Å². The van der Waals surface area contributed by atoms with Crippen LogP contribution < -0.4 is 0 Å². The fourth-order valence-corrected chi connectivity index (χ4v) is 1.04. The second-order valence-electron chi connectivity index (χ2n) is 2.74. The van der Waals surface area contributed by atoms with Crippen molar-refractivity contribution in [3.8, 4) is 0 Å². The monoisotopic (exact) mass is 195 g/mol. The molecule has 1 aromatic rings. The first-order chi connectivity index (χ1) is 6.70. The van der Waals surface area contributed by atoms with Crippen molar-refractivity contribution < 1.29 is 9.63 Å². The van der Waals surface area contributed by atoms with Gasteiger partial charge in [-0.3, -0.25) is 9.63 Å². The number of nitrogens with zero attached hydrogens (tertiary/aromatic N) is 3. The van der Waals surface area contributed by atoms with Crippen LogP contribution in [0.5, 0.6) is 0 Å². The van der Waals surface area contributed by atoms with Gasteiger partial charge in [-0.05, 0) is 6.42 Å². The van der Waals surface area contributed by atoms with Crippen LogP contribution in [0.15, 0.2) is 12.5 Å². The molecule has 0 aliphatic rings. The van der Waals surface area contributed by atoms with Crippen LogP contribution in [0.25, 0.3) is 0 Å². The third-order valence-corrected chi connectivity index (χ3v) is 1.93. The molecule has 0 aromatic carbocycles. The molecule has 0 N–H and O–H groups in total. The largest absolute Gasteiger partial charge is 0.296 e. The van der Waals surface area contributed by atoms with Crippen LogP contribution in [0.4, 0.5) is 0 Å². The fraction of sp³-hybridized carbons (Fsp3) is 0.444. The zero-order valence-corrected chi connectivity index (χ0v) is 8.52. The predicted molar refractivity (Wildman–Crippen MR) is 50.5 cm³/mol. The standard InChI is InChI=1S/C9H13N3O2/c1-4-7-5-10-6-11-8(7)9(13)12(2)14-3/h5-6H,4H2,1-3H3. The van der Waals surface area contributed by atoms with E-state index < -0.39 is 0 Å². The van der Waals surface area contributed by atoms with E-state index in [4.69, 9.17) is 4.84 Å². The topological polar surface area (TPSA) is 55.3 Å². The van der Waals surface area contributed by atoms with Gasteiger partial charge in [0, 0.05) is 18.8 Å². The summed E-state index contributed by atoms with van der Waals surface area (Å²) in [5, 5.41) is 1.14. The molecule has 5 heteroatoms. The highest BCUT2D eigenvalue weighted by Crippen LogP contribution is 2.07. The lowest BCUT2D eigenvalue weighted by Crippen LogP contribution is -2.27. The Balaban J connectivity index is 3.00. The SMILES string of the molecule is CCc1cncnc1C(=O)N(C)OC. The number of hydrogen-bond donors (Lipinski definition) is 0. The zero-order valence-electron chi connectivity index (χ0n) is 8.52. The number of rotatable bonds is 3. The minimum Gasteiger partial charge on any atom is -0.274 e. The van der Waals surface area contributed by atoms with Crippen molar-refractivity contribution in [2.75, 3.05) is 14.2 Å². The van der Waals surface area contributed by atoms with E-state index in [1.807, 2.05) is 6.92 Å². The van der Waals surface area contributed by atoms with E-state index in [1.54, 1.807) is 13.2 Å². The van der Waals surface area contributed by atoms with Crippen LogP contribution in [-0.4, -0.2) is 35.1 Å². The molecule has 0 atom stereocenters. The summed E-state index contributed by atoms with van der Waals surface area (Å²) in [7, 11) is 2.98. The minimum atomic E-state index is -0.258. The summed E-state index contributed by atoms with van der Waals surface area (Å²) in [6, 6.07) is 0. The molecule has 14 heavy (non-hydrogen) atoms. The molecule has 1 heterocycles. The molecule has 5 nitrogen and oxygen atoms in total. The number of hydroxylamine groups is 2. The van der Waals surface area contributed by atoms with Gasteiger partial charge in [-0.2, -0.15) is 0 Å². The molecular weight excluding hydrogens is 182 g/mol. The summed E-state index contributed by atoms with van der Waals surface area (Å²) >= 11 is 0. The number of hydrogen-bond acceptors (Lipinski definition) is 4. The second kappa shape index (κ2) is 4.66. The Bertz CT molecular complexity index is 328. The average molecular weight is 195 g/mol. The summed E-state index contributed by atoms with van der Waals surface area (Å²) in [6.07, 6.45) is 3.72. The summed E-state index contributed by atoms with van der Waals surface area (Å²) in [5.41, 5.74) is 1.22. The van der Waals surface area contributed by atoms with Crippen LogP contribution in [0.1, 0.15) is 23.0 Å². The first kappa shape index (κ1) is 10.6. The lowest BCUT2D eigenvalue weighted by Gasteiger charge is -2.14. The molecule has 0 aliphatic carbocycles. The van der Waals surface area contributed by atoms with Gasteiger partial charge < -0.3 is 0 Å². The molecule has 76 valence electrons. The van der Waals surface area contributed by atoms with Crippen molar-refractivity contribution >= 4 is 5.91 Å². The van der Waals surface area contributed by atoms with Gasteiger partial charge in [0.2, 0.25) is 0 Å². The van der Waals surface area contributed by atoms with Gasteiger partial charge in [0.1, 0.15) is 12.0 Å². The molecule has 1 aromatic heterocycles. The summed E-state index contributed by atoms with van der Waals surface area (Å²) < 4.78 is 0. The second-order valence-corrected chi connectivity index (χ2v) is 2.74. The van der Waals surface area contributed by atoms with E-state index in [0.29, 0.717) is 5.69 Å². The third-order valence-electron chi connectivity index (χ3n) is 1.93. The van der Waals surface area contributed by atoms with Crippen molar-refractivity contribution in [1.82, 2.24) is 15.0 Å². The van der Waals surface area contributed by atoms with Crippen molar-refractivity contribution in [2.45, 2.75) is 13.3 Å². The van der Waals surface area contributed by atoms with E-state index in [9.17, 15) is 4.79 Å². The quantitative estimate of drug-likeness (QED) is 0.665. The maximum absolute atomic E-state index is 11.7. The maximum atomic E-state index is 11.7. The van der Waals surface area contributed by atoms with E-state index in [1.165, 1.54) is 13.4 Å². The maximum Gasteiger partial charge on any atom is 0.296 e. The van der Waals surface area contributed by atoms with Gasteiger partial charge in [0.05, 0.1) is 7.11 Å². The molecule has 0 radical (unpaired) electrons. The van der Waals surface area contributed by atoms with Crippen LogP contribution in [-0.2, 0) is 11.3 Å². The first-order valence-corrected chi connectivity index (χ1v) is 4.31. The zero-order chi connectivity index (χ0) is 10.6. The summed E-state index contributed by atoms with van der Waals surface area (Å²) in [6.45, 7) is 1.95.